The zero-order valence-corrected chi connectivity index (χ0v) is 17.0. The molecule has 2 aromatic heterocycles. The van der Waals surface area contributed by atoms with Crippen LogP contribution in [0, 0.1) is 11.6 Å². The number of carbonyl (C=O) groups excluding carboxylic acids is 1. The molecule has 1 aliphatic carbocycles. The second-order valence-electron chi connectivity index (χ2n) is 7.91. The van der Waals surface area contributed by atoms with Crippen LogP contribution in [0.4, 0.5) is 36.4 Å². The van der Waals surface area contributed by atoms with Crippen molar-refractivity contribution in [2.24, 2.45) is 5.73 Å². The SMILES string of the molecule is NC1(c2ncn(-c3ncc(NC(=O)Cc4cccc(C(F)(F)F)c4F)cc3F)n2)CC(F)(F)C1. The van der Waals surface area contributed by atoms with Gasteiger partial charge in [0.2, 0.25) is 5.91 Å². The standard InChI is InChI=1S/C20H15F7N6O/c21-13-5-11(31-14(34)4-10-2-1-3-12(15(10)22)20(25,26)27)6-29-16(13)33-9-30-17(32-33)18(28)7-19(23,24)8-18/h1-3,5-6,9H,4,7-8,28H2,(H,31,34). The number of rotatable bonds is 5. The molecule has 0 atom stereocenters. The van der Waals surface area contributed by atoms with Crippen molar-refractivity contribution < 1.29 is 35.5 Å². The fourth-order valence-corrected chi connectivity index (χ4v) is 3.60. The highest BCUT2D eigenvalue weighted by Crippen LogP contribution is 2.48. The Bertz CT molecular complexity index is 1250. The van der Waals surface area contributed by atoms with Crippen molar-refractivity contribution in [3.8, 4) is 5.82 Å². The number of hydrogen-bond donors (Lipinski definition) is 2. The molecular formula is C20H15F7N6O. The molecule has 1 fully saturated rings. The predicted octanol–water partition coefficient (Wildman–Crippen LogP) is 3.72. The molecule has 34 heavy (non-hydrogen) atoms. The van der Waals surface area contributed by atoms with Crippen molar-refractivity contribution in [3.63, 3.8) is 0 Å². The molecular weight excluding hydrogens is 473 g/mol. The quantitative estimate of drug-likeness (QED) is 0.534. The molecule has 1 aromatic carbocycles. The maximum absolute atomic E-state index is 14.5. The van der Waals surface area contributed by atoms with Gasteiger partial charge in [-0.2, -0.15) is 17.9 Å². The van der Waals surface area contributed by atoms with E-state index in [4.69, 9.17) is 5.73 Å². The summed E-state index contributed by atoms with van der Waals surface area (Å²) in [5.41, 5.74) is 2.24. The van der Waals surface area contributed by atoms with Gasteiger partial charge in [-0.15, -0.1) is 5.10 Å². The number of nitrogens with zero attached hydrogens (tertiary/aromatic N) is 4. The Balaban J connectivity index is 1.46. The molecule has 7 nitrogen and oxygen atoms in total. The third-order valence-electron chi connectivity index (χ3n) is 5.14. The van der Waals surface area contributed by atoms with E-state index in [9.17, 15) is 35.5 Å². The zero-order valence-electron chi connectivity index (χ0n) is 17.0. The topological polar surface area (TPSA) is 98.7 Å². The molecule has 0 unspecified atom stereocenters. The number of carbonyl (C=O) groups is 1. The van der Waals surface area contributed by atoms with Gasteiger partial charge in [-0.25, -0.2) is 27.5 Å². The average molecular weight is 488 g/mol. The van der Waals surface area contributed by atoms with E-state index in [0.29, 0.717) is 6.07 Å². The van der Waals surface area contributed by atoms with E-state index in [2.05, 4.69) is 20.4 Å². The number of hydrogen-bond acceptors (Lipinski definition) is 5. The molecule has 0 bridgehead atoms. The van der Waals surface area contributed by atoms with Crippen molar-refractivity contribution in [2.45, 2.75) is 36.9 Å². The first-order valence-corrected chi connectivity index (χ1v) is 9.67. The van der Waals surface area contributed by atoms with Crippen molar-refractivity contribution in [3.05, 3.63) is 65.4 Å². The van der Waals surface area contributed by atoms with Gasteiger partial charge in [-0.05, 0) is 11.6 Å². The minimum Gasteiger partial charge on any atom is -0.324 e. The summed E-state index contributed by atoms with van der Waals surface area (Å²) in [4.78, 5) is 19.8. The number of anilines is 1. The first-order valence-electron chi connectivity index (χ1n) is 9.67. The number of halogens is 7. The van der Waals surface area contributed by atoms with Gasteiger partial charge >= 0.3 is 6.18 Å². The largest absolute Gasteiger partial charge is 0.419 e. The molecule has 0 radical (unpaired) electrons. The highest BCUT2D eigenvalue weighted by Gasteiger charge is 2.57. The number of nitrogens with two attached hydrogens (primary N) is 1. The van der Waals surface area contributed by atoms with Crippen LogP contribution in [0.5, 0.6) is 0 Å². The Morgan fingerprint density at radius 1 is 1.18 bits per heavy atom. The number of aromatic nitrogens is 4. The van der Waals surface area contributed by atoms with Crippen LogP contribution in [0.1, 0.15) is 29.8 Å². The fourth-order valence-electron chi connectivity index (χ4n) is 3.60. The third-order valence-corrected chi connectivity index (χ3v) is 5.14. The lowest BCUT2D eigenvalue weighted by molar-refractivity contribution is -0.140. The summed E-state index contributed by atoms with van der Waals surface area (Å²) in [7, 11) is 0. The molecule has 14 heteroatoms. The van der Waals surface area contributed by atoms with Gasteiger partial charge < -0.3 is 11.1 Å². The van der Waals surface area contributed by atoms with Crippen LogP contribution < -0.4 is 11.1 Å². The molecule has 0 saturated heterocycles. The first kappa shape index (κ1) is 23.6. The first-order chi connectivity index (χ1) is 15.8. The molecule has 0 aliphatic heterocycles. The zero-order chi connectivity index (χ0) is 24.9. The highest BCUT2D eigenvalue weighted by molar-refractivity contribution is 5.92. The van der Waals surface area contributed by atoms with Crippen molar-refractivity contribution in [1.82, 2.24) is 19.7 Å². The van der Waals surface area contributed by atoms with Gasteiger partial charge in [0, 0.05) is 18.9 Å². The number of pyridine rings is 1. The van der Waals surface area contributed by atoms with Gasteiger partial charge in [0.05, 0.1) is 29.4 Å². The Morgan fingerprint density at radius 2 is 1.88 bits per heavy atom. The molecule has 180 valence electrons. The Kier molecular flexibility index (Phi) is 5.58. The minimum atomic E-state index is -4.93. The van der Waals surface area contributed by atoms with Gasteiger partial charge in [-0.3, -0.25) is 4.79 Å². The number of benzene rings is 1. The summed E-state index contributed by atoms with van der Waals surface area (Å²) >= 11 is 0. The molecule has 0 spiro atoms. The van der Waals surface area contributed by atoms with E-state index < -0.39 is 65.6 Å². The van der Waals surface area contributed by atoms with Crippen LogP contribution in [0.15, 0.2) is 36.8 Å². The Morgan fingerprint density at radius 3 is 2.50 bits per heavy atom. The summed E-state index contributed by atoms with van der Waals surface area (Å²) in [5, 5.41) is 6.12. The van der Waals surface area contributed by atoms with Crippen molar-refractivity contribution in [1.29, 1.82) is 0 Å². The highest BCUT2D eigenvalue weighted by atomic mass is 19.4. The fraction of sp³-hybridized carbons (Fsp3) is 0.300. The van der Waals surface area contributed by atoms with Crippen LogP contribution in [-0.4, -0.2) is 31.6 Å². The van der Waals surface area contributed by atoms with Crippen molar-refractivity contribution >= 4 is 11.6 Å². The molecule has 1 amide bonds. The van der Waals surface area contributed by atoms with Gasteiger partial charge in [0.1, 0.15) is 12.1 Å². The lowest BCUT2D eigenvalue weighted by Crippen LogP contribution is -2.56. The number of alkyl halides is 5. The van der Waals surface area contributed by atoms with E-state index in [0.717, 1.165) is 35.4 Å². The van der Waals surface area contributed by atoms with Crippen LogP contribution in [0.3, 0.4) is 0 Å². The Labute approximate surface area is 186 Å². The molecule has 3 aromatic rings. The van der Waals surface area contributed by atoms with Crippen LogP contribution in [0.25, 0.3) is 5.82 Å². The molecule has 4 rings (SSSR count). The summed E-state index contributed by atoms with van der Waals surface area (Å²) in [6, 6.07) is 3.39. The van der Waals surface area contributed by atoms with Crippen LogP contribution >= 0.6 is 0 Å². The molecule has 3 N–H and O–H groups in total. The smallest absolute Gasteiger partial charge is 0.324 e. The monoisotopic (exact) mass is 488 g/mol. The van der Waals surface area contributed by atoms with Crippen molar-refractivity contribution in [2.75, 3.05) is 5.32 Å². The number of amides is 1. The summed E-state index contributed by atoms with van der Waals surface area (Å²) in [6.45, 7) is 0. The molecule has 1 saturated carbocycles. The third kappa shape index (κ3) is 4.58. The number of nitrogens with one attached hydrogen (secondary N) is 1. The maximum atomic E-state index is 14.5. The van der Waals surface area contributed by atoms with E-state index in [1.54, 1.807) is 0 Å². The van der Waals surface area contributed by atoms with Gasteiger partial charge in [0.25, 0.3) is 5.92 Å². The van der Waals surface area contributed by atoms with E-state index >= 15 is 0 Å². The molecule has 1 aliphatic rings. The lowest BCUT2D eigenvalue weighted by Gasteiger charge is -2.42. The lowest BCUT2D eigenvalue weighted by atomic mass is 9.74. The second-order valence-corrected chi connectivity index (χ2v) is 7.91. The van der Waals surface area contributed by atoms with Gasteiger partial charge in [-0.1, -0.05) is 12.1 Å². The summed E-state index contributed by atoms with van der Waals surface area (Å²) < 4.78 is 94.3. The Hall–Kier alpha value is -3.55. The van der Waals surface area contributed by atoms with E-state index in [1.165, 1.54) is 0 Å². The van der Waals surface area contributed by atoms with E-state index in [-0.39, 0.29) is 17.3 Å². The maximum Gasteiger partial charge on any atom is 0.419 e. The van der Waals surface area contributed by atoms with E-state index in [1.807, 2.05) is 0 Å². The summed E-state index contributed by atoms with van der Waals surface area (Å²) in [5.74, 6) is -6.87. The average Bonchev–Trinajstić information content (AvgIpc) is 3.18. The predicted molar refractivity (Wildman–Crippen MR) is 103 cm³/mol. The second kappa shape index (κ2) is 8.04. The minimum absolute atomic E-state index is 0.111. The molecule has 2 heterocycles. The van der Waals surface area contributed by atoms with Gasteiger partial charge in [0.15, 0.2) is 17.5 Å². The van der Waals surface area contributed by atoms with Crippen LogP contribution in [-0.2, 0) is 22.9 Å². The normalized spacial score (nSPS) is 16.7. The summed E-state index contributed by atoms with van der Waals surface area (Å²) in [6.07, 6.45) is -4.91. The van der Waals surface area contributed by atoms with Crippen LogP contribution in [0.2, 0.25) is 0 Å².